The molecule has 0 atom stereocenters. The quantitative estimate of drug-likeness (QED) is 0.196. The average molecular weight is 599 g/mol. The minimum Gasteiger partial charge on any atom is -0.397 e. The van der Waals surface area contributed by atoms with E-state index in [0.29, 0.717) is 24.6 Å². The number of aryl methyl sites for hydroxylation is 1. The van der Waals surface area contributed by atoms with Crippen LogP contribution in [0, 0.1) is 5.41 Å². The van der Waals surface area contributed by atoms with Crippen LogP contribution in [0.2, 0.25) is 5.28 Å². The summed E-state index contributed by atoms with van der Waals surface area (Å²) in [6.07, 6.45) is 4.44. The third-order valence-corrected chi connectivity index (χ3v) is 8.60. The van der Waals surface area contributed by atoms with Gasteiger partial charge in [-0.2, -0.15) is 18.4 Å². The highest BCUT2D eigenvalue weighted by atomic mass is 35.5. The summed E-state index contributed by atoms with van der Waals surface area (Å²) < 4.78 is 34.2. The highest BCUT2D eigenvalue weighted by molar-refractivity contribution is 7.86. The second kappa shape index (κ2) is 11.0. The SMILES string of the molecule is CC(C)(CCc1nc(Cl)nc(N2CCCCC2)n1)CNc1cc(S(=O)(=O)O)c(N)c2c1C(=O)c1ccccc1C2=O. The van der Waals surface area contributed by atoms with E-state index in [1.165, 1.54) is 18.6 Å². The molecule has 1 fully saturated rings. The van der Waals surface area contributed by atoms with Gasteiger partial charge in [-0.05, 0) is 48.8 Å². The van der Waals surface area contributed by atoms with Crippen molar-refractivity contribution in [2.75, 3.05) is 35.6 Å². The Bertz CT molecular complexity index is 1650. The van der Waals surface area contributed by atoms with Crippen molar-refractivity contribution in [2.45, 2.75) is 50.8 Å². The van der Waals surface area contributed by atoms with E-state index in [1.807, 2.05) is 13.8 Å². The van der Waals surface area contributed by atoms with Crippen molar-refractivity contribution in [1.82, 2.24) is 15.0 Å². The van der Waals surface area contributed by atoms with Crippen LogP contribution in [0.4, 0.5) is 17.3 Å². The molecule has 0 saturated carbocycles. The monoisotopic (exact) mass is 598 g/mol. The summed E-state index contributed by atoms with van der Waals surface area (Å²) in [6, 6.07) is 7.38. The van der Waals surface area contributed by atoms with E-state index in [1.54, 1.807) is 12.1 Å². The summed E-state index contributed by atoms with van der Waals surface area (Å²) in [5.41, 5.74) is 5.35. The lowest BCUT2D eigenvalue weighted by Crippen LogP contribution is -2.31. The number of nitrogens with one attached hydrogen (secondary N) is 1. The van der Waals surface area contributed by atoms with Crippen molar-refractivity contribution in [3.8, 4) is 0 Å². The van der Waals surface area contributed by atoms with Crippen LogP contribution in [0.1, 0.15) is 77.2 Å². The molecule has 0 spiro atoms. The molecule has 5 rings (SSSR count). The fraction of sp³-hybridized carbons (Fsp3) is 0.393. The van der Waals surface area contributed by atoms with Gasteiger partial charge in [-0.25, -0.2) is 4.98 Å². The Morgan fingerprint density at radius 1 is 1.02 bits per heavy atom. The number of piperidine rings is 1. The van der Waals surface area contributed by atoms with Crippen LogP contribution < -0.4 is 16.0 Å². The van der Waals surface area contributed by atoms with Crippen LogP contribution in [-0.4, -0.2) is 59.1 Å². The fourth-order valence-corrected chi connectivity index (χ4v) is 6.07. The second-order valence-corrected chi connectivity index (χ2v) is 12.9. The summed E-state index contributed by atoms with van der Waals surface area (Å²) in [4.78, 5) is 41.6. The molecule has 13 heteroatoms. The molecule has 0 bridgehead atoms. The first-order valence-corrected chi connectivity index (χ1v) is 15.2. The van der Waals surface area contributed by atoms with Crippen LogP contribution in [0.25, 0.3) is 0 Å². The van der Waals surface area contributed by atoms with Crippen molar-refractivity contribution < 1.29 is 22.6 Å². The number of aromatic nitrogens is 3. The van der Waals surface area contributed by atoms with E-state index in [0.717, 1.165) is 32.0 Å². The largest absolute Gasteiger partial charge is 0.397 e. The van der Waals surface area contributed by atoms with E-state index >= 15 is 0 Å². The number of hydrogen-bond donors (Lipinski definition) is 3. The number of fused-ring (bicyclic) bond motifs is 2. The molecular formula is C28H31ClN6O5S. The summed E-state index contributed by atoms with van der Waals surface area (Å²) >= 11 is 6.21. The Kier molecular flexibility index (Phi) is 7.75. The molecule has 3 aromatic rings. The predicted octanol–water partition coefficient (Wildman–Crippen LogP) is 4.19. The number of halogens is 1. The third-order valence-electron chi connectivity index (χ3n) is 7.54. The van der Waals surface area contributed by atoms with Gasteiger partial charge in [0.25, 0.3) is 10.1 Å². The lowest BCUT2D eigenvalue weighted by atomic mass is 9.82. The summed E-state index contributed by atoms with van der Waals surface area (Å²) in [5, 5.41) is 3.29. The number of nitrogen functional groups attached to an aromatic ring is 1. The summed E-state index contributed by atoms with van der Waals surface area (Å²) in [7, 11) is -4.79. The summed E-state index contributed by atoms with van der Waals surface area (Å²) in [6.45, 7) is 6.01. The van der Waals surface area contributed by atoms with Crippen LogP contribution in [0.15, 0.2) is 35.2 Å². The van der Waals surface area contributed by atoms with Crippen LogP contribution >= 0.6 is 11.6 Å². The van der Waals surface area contributed by atoms with Gasteiger partial charge >= 0.3 is 0 Å². The van der Waals surface area contributed by atoms with Gasteiger partial charge in [0.2, 0.25) is 11.2 Å². The highest BCUT2D eigenvalue weighted by Crippen LogP contribution is 2.39. The molecule has 2 aromatic carbocycles. The molecule has 0 radical (unpaired) electrons. The molecule has 0 amide bonds. The Morgan fingerprint density at radius 2 is 1.66 bits per heavy atom. The number of carbonyl (C=O) groups excluding carboxylic acids is 2. The maximum Gasteiger partial charge on any atom is 0.296 e. The maximum absolute atomic E-state index is 13.5. The molecule has 4 N–H and O–H groups in total. The van der Waals surface area contributed by atoms with Gasteiger partial charge in [0.05, 0.1) is 16.8 Å². The topological polar surface area (TPSA) is 168 Å². The van der Waals surface area contributed by atoms with Crippen molar-refractivity contribution in [1.29, 1.82) is 0 Å². The highest BCUT2D eigenvalue weighted by Gasteiger charge is 2.36. The molecule has 41 heavy (non-hydrogen) atoms. The molecule has 1 saturated heterocycles. The third kappa shape index (κ3) is 5.90. The van der Waals surface area contributed by atoms with Crippen molar-refractivity contribution in [3.05, 3.63) is 63.7 Å². The van der Waals surface area contributed by atoms with E-state index < -0.39 is 37.7 Å². The van der Waals surface area contributed by atoms with Crippen LogP contribution in [0.3, 0.4) is 0 Å². The van der Waals surface area contributed by atoms with Gasteiger partial charge in [-0.1, -0.05) is 38.1 Å². The first-order valence-electron chi connectivity index (χ1n) is 13.4. The van der Waals surface area contributed by atoms with E-state index in [4.69, 9.17) is 17.3 Å². The van der Waals surface area contributed by atoms with Gasteiger partial charge < -0.3 is 16.0 Å². The normalized spacial score (nSPS) is 15.5. The molecule has 2 heterocycles. The minimum atomic E-state index is -4.79. The Labute approximate surface area is 243 Å². The number of benzene rings is 2. The molecule has 216 valence electrons. The lowest BCUT2D eigenvalue weighted by molar-refractivity contribution is 0.0980. The molecular weight excluding hydrogens is 568 g/mol. The number of nitrogens with zero attached hydrogens (tertiary/aromatic N) is 4. The van der Waals surface area contributed by atoms with Crippen LogP contribution in [0.5, 0.6) is 0 Å². The second-order valence-electron chi connectivity index (χ2n) is 11.2. The molecule has 2 aliphatic rings. The number of anilines is 3. The predicted molar refractivity (Wildman–Crippen MR) is 155 cm³/mol. The van der Waals surface area contributed by atoms with Crippen molar-refractivity contribution in [3.63, 3.8) is 0 Å². The zero-order valence-electron chi connectivity index (χ0n) is 22.8. The van der Waals surface area contributed by atoms with E-state index in [-0.39, 0.29) is 39.8 Å². The number of nitrogens with two attached hydrogens (primary N) is 1. The van der Waals surface area contributed by atoms with Crippen molar-refractivity contribution in [2.24, 2.45) is 5.41 Å². The molecule has 1 aromatic heterocycles. The Balaban J connectivity index is 1.40. The Hall–Kier alpha value is -3.61. The van der Waals surface area contributed by atoms with Gasteiger partial charge in [0.1, 0.15) is 10.7 Å². The molecule has 11 nitrogen and oxygen atoms in total. The van der Waals surface area contributed by atoms with Gasteiger partial charge in [-0.3, -0.25) is 14.1 Å². The number of rotatable bonds is 8. The number of ketones is 2. The first kappa shape index (κ1) is 28.9. The van der Waals surface area contributed by atoms with Crippen LogP contribution in [-0.2, 0) is 16.5 Å². The zero-order valence-corrected chi connectivity index (χ0v) is 24.3. The summed E-state index contributed by atoms with van der Waals surface area (Å²) in [5.74, 6) is 0.0887. The van der Waals surface area contributed by atoms with Crippen molar-refractivity contribution >= 4 is 50.6 Å². The van der Waals surface area contributed by atoms with Gasteiger partial charge in [0.15, 0.2) is 11.6 Å². The average Bonchev–Trinajstić information content (AvgIpc) is 2.93. The van der Waals surface area contributed by atoms with Gasteiger partial charge in [-0.15, -0.1) is 0 Å². The molecule has 1 aliphatic heterocycles. The van der Waals surface area contributed by atoms with Gasteiger partial charge in [0, 0.05) is 42.9 Å². The van der Waals surface area contributed by atoms with E-state index in [2.05, 4.69) is 25.2 Å². The fourth-order valence-electron chi connectivity index (χ4n) is 5.25. The first-order chi connectivity index (χ1) is 19.4. The molecule has 1 aliphatic carbocycles. The zero-order chi connectivity index (χ0) is 29.5. The Morgan fingerprint density at radius 3 is 2.29 bits per heavy atom. The van der Waals surface area contributed by atoms with E-state index in [9.17, 15) is 22.6 Å². The smallest absolute Gasteiger partial charge is 0.296 e. The minimum absolute atomic E-state index is 0.0233. The maximum atomic E-state index is 13.5. The number of carbonyl (C=O) groups is 2. The lowest BCUT2D eigenvalue weighted by Gasteiger charge is -2.29. The molecule has 0 unspecified atom stereocenters. The standard InChI is InChI=1S/C28H31ClN6O5S/c1-28(2,11-10-20-32-26(29)34-27(33-20)35-12-6-3-7-13-35)15-31-18-14-19(41(38,39)40)23(30)22-21(18)24(36)16-8-4-5-9-17(16)25(22)37/h4-5,8-9,14,31H,3,6-7,10-13,15,30H2,1-2H3,(H,38,39,40). The number of hydrogen-bond acceptors (Lipinski definition) is 10.